The minimum absolute atomic E-state index is 0.0418. The molecule has 3 rings (SSSR count). The predicted octanol–water partition coefficient (Wildman–Crippen LogP) is 1.62. The molecule has 2 heterocycles. The Morgan fingerprint density at radius 2 is 2.15 bits per heavy atom. The molecular weight excluding hydrogens is 258 g/mol. The Morgan fingerprint density at radius 1 is 1.40 bits per heavy atom. The van der Waals surface area contributed by atoms with Gasteiger partial charge in [-0.1, -0.05) is 12.1 Å². The maximum absolute atomic E-state index is 11.1. The first kappa shape index (κ1) is 13.2. The van der Waals surface area contributed by atoms with Crippen LogP contribution in [-0.4, -0.2) is 47.8 Å². The molecular formula is C15H19NO4. The molecule has 0 radical (unpaired) electrons. The standard InChI is InChI=1S/C15H19NO4/c1-10-12(15(17)18)6-7-16(10)8-11-9-19-13-4-2-3-5-14(13)20-11/h2-5,10-12H,6-9H2,1H3,(H,17,18). The van der Waals surface area contributed by atoms with E-state index in [0.717, 1.165) is 18.0 Å². The summed E-state index contributed by atoms with van der Waals surface area (Å²) in [4.78, 5) is 13.3. The van der Waals surface area contributed by atoms with Crippen molar-refractivity contribution in [3.8, 4) is 11.5 Å². The number of hydrogen-bond donors (Lipinski definition) is 1. The van der Waals surface area contributed by atoms with Crippen LogP contribution in [0, 0.1) is 5.92 Å². The lowest BCUT2D eigenvalue weighted by molar-refractivity contribution is -0.142. The van der Waals surface area contributed by atoms with Crippen molar-refractivity contribution in [1.29, 1.82) is 0 Å². The summed E-state index contributed by atoms with van der Waals surface area (Å²) in [5.41, 5.74) is 0. The molecule has 0 bridgehead atoms. The first-order chi connectivity index (χ1) is 9.65. The molecule has 20 heavy (non-hydrogen) atoms. The summed E-state index contributed by atoms with van der Waals surface area (Å²) < 4.78 is 11.6. The summed E-state index contributed by atoms with van der Waals surface area (Å²) in [5.74, 6) is 0.574. The summed E-state index contributed by atoms with van der Waals surface area (Å²) in [6, 6.07) is 7.68. The SMILES string of the molecule is CC1C(C(=O)O)CCN1CC1COc2ccccc2O1. The molecule has 1 aromatic carbocycles. The van der Waals surface area contributed by atoms with Gasteiger partial charge in [0.15, 0.2) is 11.5 Å². The first-order valence-corrected chi connectivity index (χ1v) is 7.00. The van der Waals surface area contributed by atoms with Crippen molar-refractivity contribution in [2.45, 2.75) is 25.5 Å². The van der Waals surface area contributed by atoms with Crippen LogP contribution in [0.1, 0.15) is 13.3 Å². The number of fused-ring (bicyclic) bond motifs is 1. The van der Waals surface area contributed by atoms with Gasteiger partial charge in [-0.15, -0.1) is 0 Å². The van der Waals surface area contributed by atoms with Gasteiger partial charge in [0.05, 0.1) is 5.92 Å². The fourth-order valence-electron chi connectivity index (χ4n) is 3.01. The Bertz CT molecular complexity index is 504. The van der Waals surface area contributed by atoms with Gasteiger partial charge in [-0.2, -0.15) is 0 Å². The monoisotopic (exact) mass is 277 g/mol. The zero-order chi connectivity index (χ0) is 14.1. The second-order valence-electron chi connectivity index (χ2n) is 5.47. The molecule has 1 N–H and O–H groups in total. The Balaban J connectivity index is 1.62. The molecule has 2 aliphatic heterocycles. The average molecular weight is 277 g/mol. The molecule has 2 aliphatic rings. The number of benzene rings is 1. The molecule has 0 saturated carbocycles. The van der Waals surface area contributed by atoms with E-state index in [1.54, 1.807) is 0 Å². The number of nitrogens with zero attached hydrogens (tertiary/aromatic N) is 1. The minimum Gasteiger partial charge on any atom is -0.486 e. The fraction of sp³-hybridized carbons (Fsp3) is 0.533. The predicted molar refractivity (Wildman–Crippen MR) is 73.1 cm³/mol. The lowest BCUT2D eigenvalue weighted by atomic mass is 10.0. The van der Waals surface area contributed by atoms with E-state index in [-0.39, 0.29) is 18.1 Å². The van der Waals surface area contributed by atoms with Crippen LogP contribution in [0.25, 0.3) is 0 Å². The van der Waals surface area contributed by atoms with E-state index in [0.29, 0.717) is 19.6 Å². The third kappa shape index (κ3) is 2.45. The Morgan fingerprint density at radius 3 is 2.85 bits per heavy atom. The largest absolute Gasteiger partial charge is 0.486 e. The number of ether oxygens (including phenoxy) is 2. The van der Waals surface area contributed by atoms with Gasteiger partial charge in [-0.05, 0) is 32.0 Å². The van der Waals surface area contributed by atoms with Crippen molar-refractivity contribution in [1.82, 2.24) is 4.90 Å². The van der Waals surface area contributed by atoms with E-state index in [1.165, 1.54) is 0 Å². The fourth-order valence-corrected chi connectivity index (χ4v) is 3.01. The lowest BCUT2D eigenvalue weighted by Crippen LogP contribution is -2.43. The minimum atomic E-state index is -0.703. The number of rotatable bonds is 3. The van der Waals surface area contributed by atoms with Gasteiger partial charge in [-0.25, -0.2) is 0 Å². The maximum Gasteiger partial charge on any atom is 0.308 e. The van der Waals surface area contributed by atoms with Gasteiger partial charge >= 0.3 is 5.97 Å². The topological polar surface area (TPSA) is 59.0 Å². The van der Waals surface area contributed by atoms with Crippen LogP contribution in [0.3, 0.4) is 0 Å². The number of aliphatic carboxylic acids is 1. The molecule has 1 aromatic rings. The third-order valence-electron chi connectivity index (χ3n) is 4.21. The van der Waals surface area contributed by atoms with Crippen molar-refractivity contribution in [2.24, 2.45) is 5.92 Å². The molecule has 3 unspecified atom stereocenters. The molecule has 5 heteroatoms. The summed E-state index contributed by atoms with van der Waals surface area (Å²) in [7, 11) is 0. The van der Waals surface area contributed by atoms with Crippen molar-refractivity contribution in [2.75, 3.05) is 19.7 Å². The molecule has 1 fully saturated rings. The normalized spacial score (nSPS) is 29.4. The highest BCUT2D eigenvalue weighted by Gasteiger charge is 2.37. The van der Waals surface area contributed by atoms with Crippen LogP contribution in [-0.2, 0) is 4.79 Å². The number of likely N-dealkylation sites (tertiary alicyclic amines) is 1. The van der Waals surface area contributed by atoms with Crippen molar-refractivity contribution in [3.05, 3.63) is 24.3 Å². The van der Waals surface area contributed by atoms with Gasteiger partial charge in [-0.3, -0.25) is 9.69 Å². The first-order valence-electron chi connectivity index (χ1n) is 7.00. The smallest absolute Gasteiger partial charge is 0.308 e. The van der Waals surface area contributed by atoms with E-state index >= 15 is 0 Å². The van der Waals surface area contributed by atoms with Gasteiger partial charge < -0.3 is 14.6 Å². The summed E-state index contributed by atoms with van der Waals surface area (Å²) in [5, 5.41) is 9.15. The molecule has 1 saturated heterocycles. The summed E-state index contributed by atoms with van der Waals surface area (Å²) in [6.45, 7) is 4.00. The number of para-hydroxylation sites is 2. The highest BCUT2D eigenvalue weighted by molar-refractivity contribution is 5.71. The van der Waals surface area contributed by atoms with Crippen LogP contribution >= 0.6 is 0 Å². The molecule has 108 valence electrons. The van der Waals surface area contributed by atoms with Gasteiger partial charge in [0.25, 0.3) is 0 Å². The zero-order valence-electron chi connectivity index (χ0n) is 11.5. The highest BCUT2D eigenvalue weighted by Crippen LogP contribution is 2.32. The number of carboxylic acids is 1. The van der Waals surface area contributed by atoms with Gasteiger partial charge in [0.2, 0.25) is 0 Å². The van der Waals surface area contributed by atoms with Crippen molar-refractivity contribution >= 4 is 5.97 Å². The van der Waals surface area contributed by atoms with E-state index in [9.17, 15) is 4.79 Å². The quantitative estimate of drug-likeness (QED) is 0.910. The molecule has 0 aromatic heterocycles. The van der Waals surface area contributed by atoms with E-state index in [2.05, 4.69) is 4.90 Å². The molecule has 3 atom stereocenters. The van der Waals surface area contributed by atoms with Crippen LogP contribution in [0.15, 0.2) is 24.3 Å². The maximum atomic E-state index is 11.1. The Kier molecular flexibility index (Phi) is 3.53. The number of carboxylic acid groups (broad SMARTS) is 1. The zero-order valence-corrected chi connectivity index (χ0v) is 11.5. The second-order valence-corrected chi connectivity index (χ2v) is 5.47. The van der Waals surface area contributed by atoms with Gasteiger partial charge in [0.1, 0.15) is 12.7 Å². The van der Waals surface area contributed by atoms with Crippen molar-refractivity contribution in [3.63, 3.8) is 0 Å². The summed E-state index contributed by atoms with van der Waals surface area (Å²) in [6.07, 6.45) is 0.667. The second kappa shape index (κ2) is 5.32. The number of hydrogen-bond acceptors (Lipinski definition) is 4. The highest BCUT2D eigenvalue weighted by atomic mass is 16.6. The molecule has 0 aliphatic carbocycles. The average Bonchev–Trinajstić information content (AvgIpc) is 2.80. The van der Waals surface area contributed by atoms with Crippen molar-refractivity contribution < 1.29 is 19.4 Å². The summed E-state index contributed by atoms with van der Waals surface area (Å²) >= 11 is 0. The van der Waals surface area contributed by atoms with E-state index in [4.69, 9.17) is 14.6 Å². The Hall–Kier alpha value is -1.75. The molecule has 0 spiro atoms. The van der Waals surface area contributed by atoms with Crippen LogP contribution in [0.5, 0.6) is 11.5 Å². The Labute approximate surface area is 118 Å². The van der Waals surface area contributed by atoms with E-state index in [1.807, 2.05) is 31.2 Å². The van der Waals surface area contributed by atoms with Crippen LogP contribution in [0.4, 0.5) is 0 Å². The molecule has 5 nitrogen and oxygen atoms in total. The van der Waals surface area contributed by atoms with Crippen LogP contribution < -0.4 is 9.47 Å². The lowest BCUT2D eigenvalue weighted by Gasteiger charge is -2.31. The van der Waals surface area contributed by atoms with Gasteiger partial charge in [0, 0.05) is 12.6 Å². The molecule has 0 amide bonds. The van der Waals surface area contributed by atoms with Crippen LogP contribution in [0.2, 0.25) is 0 Å². The van der Waals surface area contributed by atoms with E-state index < -0.39 is 5.97 Å². The third-order valence-corrected chi connectivity index (χ3v) is 4.21. The number of carbonyl (C=O) groups is 1.